The highest BCUT2D eigenvalue weighted by atomic mass is 79.9. The van der Waals surface area contributed by atoms with Gasteiger partial charge in [-0.15, -0.1) is 0 Å². The van der Waals surface area contributed by atoms with Crippen molar-refractivity contribution in [3.63, 3.8) is 0 Å². The molecule has 0 bridgehead atoms. The number of carbonyl (C=O) groups is 1. The lowest BCUT2D eigenvalue weighted by molar-refractivity contribution is 0.102. The van der Waals surface area contributed by atoms with Crippen molar-refractivity contribution < 1.29 is 9.18 Å². The van der Waals surface area contributed by atoms with Crippen LogP contribution in [0.4, 0.5) is 4.39 Å². The number of halogens is 2. The zero-order chi connectivity index (χ0) is 14.0. The summed E-state index contributed by atoms with van der Waals surface area (Å²) in [5, 5.41) is 4.17. The van der Waals surface area contributed by atoms with Crippen molar-refractivity contribution in [2.75, 3.05) is 0 Å². The highest BCUT2D eigenvalue weighted by molar-refractivity contribution is 9.10. The minimum absolute atomic E-state index is 0.143. The van der Waals surface area contributed by atoms with Gasteiger partial charge in [0.15, 0.2) is 0 Å². The van der Waals surface area contributed by atoms with E-state index in [4.69, 9.17) is 0 Å². The van der Waals surface area contributed by atoms with Gasteiger partial charge in [0.05, 0.1) is 10.7 Å². The summed E-state index contributed by atoms with van der Waals surface area (Å²) in [6, 6.07) is 4.18. The number of rotatable bonds is 4. The Morgan fingerprint density at radius 1 is 1.47 bits per heavy atom. The molecule has 0 aliphatic carbocycles. The molecule has 1 heterocycles. The Labute approximate surface area is 119 Å². The second kappa shape index (κ2) is 5.65. The van der Waals surface area contributed by atoms with Crippen LogP contribution in [0.3, 0.4) is 0 Å². The second-order valence-corrected chi connectivity index (χ2v) is 5.21. The van der Waals surface area contributed by atoms with E-state index in [1.165, 1.54) is 18.2 Å². The Kier molecular flexibility index (Phi) is 4.14. The van der Waals surface area contributed by atoms with Crippen molar-refractivity contribution in [3.05, 3.63) is 51.5 Å². The Bertz CT molecular complexity index is 622. The average molecular weight is 325 g/mol. The molecule has 0 aliphatic heterocycles. The van der Waals surface area contributed by atoms with Crippen LogP contribution in [0.5, 0.6) is 0 Å². The molecule has 2 rings (SSSR count). The molecular formula is C14H14BrFN2O. The first-order valence-electron chi connectivity index (χ1n) is 6.06. The molecular weight excluding hydrogens is 311 g/mol. The molecule has 0 saturated carbocycles. The lowest BCUT2D eigenvalue weighted by Gasteiger charge is -2.08. The molecule has 3 nitrogen and oxygen atoms in total. The Balaban J connectivity index is 2.46. The molecule has 19 heavy (non-hydrogen) atoms. The van der Waals surface area contributed by atoms with E-state index in [9.17, 15) is 9.18 Å². The number of carbonyl (C=O) groups excluding carboxylic acids is 1. The Hall–Kier alpha value is -1.49. The molecule has 5 heteroatoms. The predicted octanol–water partition coefficient (Wildman–Crippen LogP) is 3.73. The van der Waals surface area contributed by atoms with Gasteiger partial charge in [-0.1, -0.05) is 6.92 Å². The normalized spacial score (nSPS) is 10.7. The fraction of sp³-hybridized carbons (Fsp3) is 0.286. The molecule has 0 amide bonds. The van der Waals surface area contributed by atoms with E-state index in [2.05, 4.69) is 21.0 Å². The molecule has 0 spiro atoms. The topological polar surface area (TPSA) is 34.9 Å². The van der Waals surface area contributed by atoms with E-state index in [1.807, 2.05) is 6.92 Å². The number of hydrogen-bond acceptors (Lipinski definition) is 2. The van der Waals surface area contributed by atoms with E-state index in [-0.39, 0.29) is 11.6 Å². The first kappa shape index (κ1) is 13.9. The Morgan fingerprint density at radius 2 is 2.21 bits per heavy atom. The molecule has 0 N–H and O–H groups in total. The van der Waals surface area contributed by atoms with Crippen LogP contribution in [0.15, 0.2) is 28.9 Å². The molecule has 0 fully saturated rings. The van der Waals surface area contributed by atoms with Gasteiger partial charge in [0.1, 0.15) is 11.5 Å². The largest absolute Gasteiger partial charge is 0.287 e. The molecule has 2 aromatic rings. The van der Waals surface area contributed by atoms with Gasteiger partial charge in [-0.05, 0) is 53.0 Å². The quantitative estimate of drug-likeness (QED) is 0.803. The van der Waals surface area contributed by atoms with Crippen LogP contribution in [0, 0.1) is 12.7 Å². The van der Waals surface area contributed by atoms with E-state index in [0.717, 1.165) is 6.42 Å². The summed E-state index contributed by atoms with van der Waals surface area (Å²) in [6.45, 7) is 4.42. The summed E-state index contributed by atoms with van der Waals surface area (Å²) in [4.78, 5) is 12.5. The molecule has 0 radical (unpaired) electrons. The van der Waals surface area contributed by atoms with Crippen LogP contribution < -0.4 is 0 Å². The van der Waals surface area contributed by atoms with Gasteiger partial charge in [0.25, 0.3) is 0 Å². The van der Waals surface area contributed by atoms with Gasteiger partial charge in [-0.2, -0.15) is 5.10 Å². The summed E-state index contributed by atoms with van der Waals surface area (Å²) >= 11 is 3.35. The monoisotopic (exact) mass is 324 g/mol. The van der Waals surface area contributed by atoms with Gasteiger partial charge < -0.3 is 0 Å². The molecule has 0 atom stereocenters. The maximum absolute atomic E-state index is 13.1. The first-order chi connectivity index (χ1) is 9.04. The van der Waals surface area contributed by atoms with Crippen molar-refractivity contribution in [3.8, 4) is 0 Å². The van der Waals surface area contributed by atoms with Crippen LogP contribution >= 0.6 is 15.9 Å². The van der Waals surface area contributed by atoms with E-state index in [0.29, 0.717) is 27.8 Å². The molecule has 0 aliphatic rings. The first-order valence-corrected chi connectivity index (χ1v) is 6.86. The number of nitrogens with zero attached hydrogens (tertiary/aromatic N) is 2. The van der Waals surface area contributed by atoms with Gasteiger partial charge in [-0.25, -0.2) is 4.39 Å². The summed E-state index contributed by atoms with van der Waals surface area (Å²) in [5.74, 6) is -0.481. The summed E-state index contributed by atoms with van der Waals surface area (Å²) in [7, 11) is 0. The lowest BCUT2D eigenvalue weighted by Crippen LogP contribution is -2.13. The zero-order valence-electron chi connectivity index (χ0n) is 10.8. The highest BCUT2D eigenvalue weighted by Crippen LogP contribution is 2.22. The van der Waals surface area contributed by atoms with E-state index in [1.54, 1.807) is 17.8 Å². The van der Waals surface area contributed by atoms with Crippen molar-refractivity contribution >= 4 is 21.7 Å². The van der Waals surface area contributed by atoms with Crippen molar-refractivity contribution in [1.82, 2.24) is 9.78 Å². The fourth-order valence-electron chi connectivity index (χ4n) is 1.98. The standard InChI is InChI=1S/C14H14BrFN2O/c1-3-6-18-13(12(15)8-17-18)14(19)11-5-4-10(16)7-9(11)2/h4-5,7-8H,3,6H2,1-2H3. The molecule has 1 aromatic heterocycles. The minimum Gasteiger partial charge on any atom is -0.287 e. The summed E-state index contributed by atoms with van der Waals surface area (Å²) < 4.78 is 15.4. The summed E-state index contributed by atoms with van der Waals surface area (Å²) in [6.07, 6.45) is 2.50. The average Bonchev–Trinajstić information content (AvgIpc) is 2.70. The second-order valence-electron chi connectivity index (χ2n) is 4.35. The smallest absolute Gasteiger partial charge is 0.212 e. The molecule has 0 saturated heterocycles. The van der Waals surface area contributed by atoms with Crippen LogP contribution in [-0.4, -0.2) is 15.6 Å². The SMILES string of the molecule is CCCn1ncc(Br)c1C(=O)c1ccc(F)cc1C. The van der Waals surface area contributed by atoms with Crippen molar-refractivity contribution in [2.24, 2.45) is 0 Å². The van der Waals surface area contributed by atoms with Crippen LogP contribution in [0.1, 0.15) is 35.0 Å². The molecule has 100 valence electrons. The number of ketones is 1. The minimum atomic E-state index is -0.338. The molecule has 1 aromatic carbocycles. The van der Waals surface area contributed by atoms with Crippen LogP contribution in [0.2, 0.25) is 0 Å². The number of aromatic nitrogens is 2. The number of aryl methyl sites for hydroxylation is 2. The van der Waals surface area contributed by atoms with Crippen LogP contribution in [0.25, 0.3) is 0 Å². The summed E-state index contributed by atoms with van der Waals surface area (Å²) in [5.41, 5.74) is 1.64. The van der Waals surface area contributed by atoms with Crippen LogP contribution in [-0.2, 0) is 6.54 Å². The third kappa shape index (κ3) is 2.76. The maximum Gasteiger partial charge on any atom is 0.212 e. The maximum atomic E-state index is 13.1. The third-order valence-corrected chi connectivity index (χ3v) is 3.46. The molecule has 0 unspecified atom stereocenters. The van der Waals surface area contributed by atoms with E-state index < -0.39 is 0 Å². The third-order valence-electron chi connectivity index (χ3n) is 2.88. The predicted molar refractivity (Wildman–Crippen MR) is 74.8 cm³/mol. The lowest BCUT2D eigenvalue weighted by atomic mass is 10.0. The van der Waals surface area contributed by atoms with Gasteiger partial charge in [0, 0.05) is 12.1 Å². The van der Waals surface area contributed by atoms with Gasteiger partial charge in [0.2, 0.25) is 5.78 Å². The number of hydrogen-bond donors (Lipinski definition) is 0. The van der Waals surface area contributed by atoms with Gasteiger partial charge in [-0.3, -0.25) is 9.48 Å². The van der Waals surface area contributed by atoms with Gasteiger partial charge >= 0.3 is 0 Å². The highest BCUT2D eigenvalue weighted by Gasteiger charge is 2.20. The fourth-order valence-corrected chi connectivity index (χ4v) is 2.46. The zero-order valence-corrected chi connectivity index (χ0v) is 12.4. The number of benzene rings is 1. The van der Waals surface area contributed by atoms with E-state index >= 15 is 0 Å². The Morgan fingerprint density at radius 3 is 2.84 bits per heavy atom. The van der Waals surface area contributed by atoms with Crippen molar-refractivity contribution in [2.45, 2.75) is 26.8 Å². The van der Waals surface area contributed by atoms with Crippen molar-refractivity contribution in [1.29, 1.82) is 0 Å².